The van der Waals surface area contributed by atoms with E-state index in [9.17, 15) is 14.4 Å². The molecule has 26 heavy (non-hydrogen) atoms. The molecule has 10 heteroatoms. The van der Waals surface area contributed by atoms with Crippen LogP contribution < -0.4 is 10.6 Å². The van der Waals surface area contributed by atoms with Crippen molar-refractivity contribution in [3.8, 4) is 0 Å². The van der Waals surface area contributed by atoms with E-state index in [1.165, 1.54) is 23.5 Å². The highest BCUT2D eigenvalue weighted by Gasteiger charge is 2.49. The fourth-order valence-electron chi connectivity index (χ4n) is 2.57. The fraction of sp³-hybridized carbons (Fsp3) is 0.188. The number of hydrogen-bond donors (Lipinski definition) is 2. The molecule has 6 nitrogen and oxygen atoms in total. The molecule has 0 saturated carbocycles. The maximum Gasteiger partial charge on any atom is 0.325 e. The highest BCUT2D eigenvalue weighted by molar-refractivity contribution is 7.08. The first-order valence-corrected chi connectivity index (χ1v) is 9.41. The largest absolute Gasteiger partial charge is 0.325 e. The summed E-state index contributed by atoms with van der Waals surface area (Å²) in [6.45, 7) is 1.12. The van der Waals surface area contributed by atoms with Gasteiger partial charge in [0.2, 0.25) is 5.91 Å². The van der Waals surface area contributed by atoms with Crippen LogP contribution in [0.15, 0.2) is 29.0 Å². The molecule has 0 bridgehead atoms. The lowest BCUT2D eigenvalue weighted by Crippen LogP contribution is -2.41. The molecule has 4 amide bonds. The zero-order valence-corrected chi connectivity index (χ0v) is 16.4. The number of benzene rings is 1. The second-order valence-electron chi connectivity index (χ2n) is 5.75. The number of nitrogens with one attached hydrogen (secondary N) is 2. The maximum atomic E-state index is 12.7. The van der Waals surface area contributed by atoms with Crippen molar-refractivity contribution in [1.82, 2.24) is 10.2 Å². The topological polar surface area (TPSA) is 78.5 Å². The minimum atomic E-state index is -1.20. The lowest BCUT2D eigenvalue weighted by atomic mass is 9.95. The van der Waals surface area contributed by atoms with Crippen molar-refractivity contribution >= 4 is 69.7 Å². The number of rotatable bonds is 4. The molecule has 2 aromatic rings. The normalized spacial score (nSPS) is 19.6. The molecule has 2 heterocycles. The molecule has 3 rings (SSSR count). The van der Waals surface area contributed by atoms with Crippen molar-refractivity contribution in [3.05, 3.63) is 49.6 Å². The van der Waals surface area contributed by atoms with E-state index in [0.717, 1.165) is 4.90 Å². The molecule has 1 aromatic carbocycles. The van der Waals surface area contributed by atoms with Crippen LogP contribution in [0.2, 0.25) is 15.1 Å². The van der Waals surface area contributed by atoms with Gasteiger partial charge < -0.3 is 10.6 Å². The number of carbonyl (C=O) groups excluding carboxylic acids is 3. The van der Waals surface area contributed by atoms with Crippen LogP contribution in [0.4, 0.5) is 10.5 Å². The molecule has 0 radical (unpaired) electrons. The first-order chi connectivity index (χ1) is 12.2. The first-order valence-electron chi connectivity index (χ1n) is 7.33. The van der Waals surface area contributed by atoms with Gasteiger partial charge in [-0.15, -0.1) is 0 Å². The predicted molar refractivity (Wildman–Crippen MR) is 102 cm³/mol. The third kappa shape index (κ3) is 3.40. The highest BCUT2D eigenvalue weighted by Crippen LogP contribution is 2.34. The van der Waals surface area contributed by atoms with E-state index in [1.807, 2.05) is 0 Å². The van der Waals surface area contributed by atoms with E-state index >= 15 is 0 Å². The standard InChI is InChI=1S/C16H12Cl3N3O3S/c1-16(8-2-3-26-7-8)14(24)22(15(25)21-16)6-12(23)20-13-10(18)4-9(17)5-11(13)19/h2-5,7H,6H2,1H3,(H,20,23)(H,21,25). The van der Waals surface area contributed by atoms with Crippen LogP contribution in [0, 0.1) is 0 Å². The number of halogens is 3. The summed E-state index contributed by atoms with van der Waals surface area (Å²) >= 11 is 19.3. The molecule has 136 valence electrons. The van der Waals surface area contributed by atoms with Crippen LogP contribution in [0.3, 0.4) is 0 Å². The van der Waals surface area contributed by atoms with Gasteiger partial charge in [0.1, 0.15) is 12.1 Å². The van der Waals surface area contributed by atoms with E-state index < -0.39 is 29.9 Å². The summed E-state index contributed by atoms with van der Waals surface area (Å²) in [6, 6.07) is 3.95. The second kappa shape index (κ2) is 7.08. The summed E-state index contributed by atoms with van der Waals surface area (Å²) < 4.78 is 0. The van der Waals surface area contributed by atoms with E-state index in [2.05, 4.69) is 10.6 Å². The van der Waals surface area contributed by atoms with Gasteiger partial charge in [0.25, 0.3) is 5.91 Å². The zero-order valence-electron chi connectivity index (χ0n) is 13.3. The van der Waals surface area contributed by atoms with Gasteiger partial charge in [-0.2, -0.15) is 11.3 Å². The van der Waals surface area contributed by atoms with Gasteiger partial charge in [0, 0.05) is 5.02 Å². The number of imide groups is 1. The van der Waals surface area contributed by atoms with Crippen molar-refractivity contribution < 1.29 is 14.4 Å². The van der Waals surface area contributed by atoms with Crippen molar-refractivity contribution in [2.24, 2.45) is 0 Å². The number of nitrogens with zero attached hydrogens (tertiary/aromatic N) is 1. The summed E-state index contributed by atoms with van der Waals surface area (Å²) in [5.74, 6) is -1.13. The zero-order chi connectivity index (χ0) is 19.1. The molecule has 1 atom stereocenters. The van der Waals surface area contributed by atoms with E-state index in [4.69, 9.17) is 34.8 Å². The molecule has 1 unspecified atom stereocenters. The van der Waals surface area contributed by atoms with Crippen LogP contribution in [0.25, 0.3) is 0 Å². The fourth-order valence-corrected chi connectivity index (χ4v) is 4.25. The third-order valence-corrected chi connectivity index (χ3v) is 5.44. The molecule has 1 aromatic heterocycles. The van der Waals surface area contributed by atoms with Crippen LogP contribution in [0.5, 0.6) is 0 Å². The monoisotopic (exact) mass is 431 g/mol. The summed E-state index contributed by atoms with van der Waals surface area (Å²) in [5, 5.41) is 9.32. The number of thiophene rings is 1. The van der Waals surface area contributed by atoms with Gasteiger partial charge >= 0.3 is 6.03 Å². The summed E-state index contributed by atoms with van der Waals surface area (Å²) in [7, 11) is 0. The number of anilines is 1. The lowest BCUT2D eigenvalue weighted by molar-refractivity contribution is -0.133. The third-order valence-electron chi connectivity index (χ3n) is 3.95. The number of carbonyl (C=O) groups is 3. The molecule has 0 aliphatic carbocycles. The smallest absolute Gasteiger partial charge is 0.322 e. The molecule has 1 fully saturated rings. The predicted octanol–water partition coefficient (Wildman–Crippen LogP) is 4.11. The quantitative estimate of drug-likeness (QED) is 0.714. The van der Waals surface area contributed by atoms with Gasteiger partial charge in [-0.1, -0.05) is 34.8 Å². The van der Waals surface area contributed by atoms with Crippen molar-refractivity contribution in [3.63, 3.8) is 0 Å². The molecule has 2 N–H and O–H groups in total. The molecular formula is C16H12Cl3N3O3S. The number of urea groups is 1. The SMILES string of the molecule is CC1(c2ccsc2)NC(=O)N(CC(=O)Nc2c(Cl)cc(Cl)cc2Cl)C1=O. The van der Waals surface area contributed by atoms with Gasteiger partial charge in [-0.05, 0) is 41.4 Å². The maximum absolute atomic E-state index is 12.7. The second-order valence-corrected chi connectivity index (χ2v) is 7.78. The van der Waals surface area contributed by atoms with Crippen LogP contribution in [-0.4, -0.2) is 29.3 Å². The minimum Gasteiger partial charge on any atom is -0.322 e. The van der Waals surface area contributed by atoms with Gasteiger partial charge in [0.15, 0.2) is 0 Å². The molecule has 1 aliphatic heterocycles. The average molecular weight is 433 g/mol. The Morgan fingerprint density at radius 3 is 2.50 bits per heavy atom. The van der Waals surface area contributed by atoms with Crippen LogP contribution in [-0.2, 0) is 15.1 Å². The summed E-state index contributed by atoms with van der Waals surface area (Å²) in [4.78, 5) is 38.1. The molecule has 0 spiro atoms. The Morgan fingerprint density at radius 1 is 1.27 bits per heavy atom. The minimum absolute atomic E-state index is 0.149. The van der Waals surface area contributed by atoms with Gasteiger partial charge in [-0.3, -0.25) is 14.5 Å². The Hall–Kier alpha value is -1.80. The summed E-state index contributed by atoms with van der Waals surface area (Å²) in [6.07, 6.45) is 0. The molecule has 1 saturated heterocycles. The lowest BCUT2D eigenvalue weighted by Gasteiger charge is -2.20. The summed E-state index contributed by atoms with van der Waals surface area (Å²) in [5.41, 5.74) is -0.379. The van der Waals surface area contributed by atoms with Crippen molar-refractivity contribution in [2.75, 3.05) is 11.9 Å². The Labute approximate surface area is 168 Å². The van der Waals surface area contributed by atoms with E-state index in [1.54, 1.807) is 23.8 Å². The molecular weight excluding hydrogens is 421 g/mol. The Bertz CT molecular complexity index is 880. The number of hydrogen-bond acceptors (Lipinski definition) is 4. The molecule has 1 aliphatic rings. The van der Waals surface area contributed by atoms with Crippen molar-refractivity contribution in [1.29, 1.82) is 0 Å². The first kappa shape index (κ1) is 19.0. The Morgan fingerprint density at radius 2 is 1.92 bits per heavy atom. The van der Waals surface area contributed by atoms with Gasteiger partial charge in [-0.25, -0.2) is 4.79 Å². The van der Waals surface area contributed by atoms with Crippen molar-refractivity contribution in [2.45, 2.75) is 12.5 Å². The van der Waals surface area contributed by atoms with E-state index in [0.29, 0.717) is 10.6 Å². The highest BCUT2D eigenvalue weighted by atomic mass is 35.5. The van der Waals surface area contributed by atoms with Crippen LogP contribution >= 0.6 is 46.1 Å². The Kier molecular flexibility index (Phi) is 5.16. The average Bonchev–Trinajstić information content (AvgIpc) is 3.16. The van der Waals surface area contributed by atoms with E-state index in [-0.39, 0.29) is 15.7 Å². The van der Waals surface area contributed by atoms with Crippen LogP contribution in [0.1, 0.15) is 12.5 Å². The Balaban J connectivity index is 1.76. The van der Waals surface area contributed by atoms with Gasteiger partial charge in [0.05, 0.1) is 15.7 Å². The number of amides is 4.